The van der Waals surface area contributed by atoms with Crippen LogP contribution in [-0.4, -0.2) is 39.0 Å². The number of nitrogens with two attached hydrogens (primary N) is 1. The normalized spacial score (nSPS) is 23.5. The summed E-state index contributed by atoms with van der Waals surface area (Å²) in [5.74, 6) is 0.549. The lowest BCUT2D eigenvalue weighted by atomic mass is 9.91. The SMILES string of the molecule is CC1CCCN(Cn2nnc3ccccc3c2=O)C1CN. The van der Waals surface area contributed by atoms with Crippen LogP contribution in [0, 0.1) is 5.92 Å². The molecule has 1 aromatic heterocycles. The van der Waals surface area contributed by atoms with Crippen LogP contribution in [0.4, 0.5) is 0 Å². The highest BCUT2D eigenvalue weighted by atomic mass is 16.1. The van der Waals surface area contributed by atoms with E-state index in [1.165, 1.54) is 11.1 Å². The Morgan fingerprint density at radius 1 is 1.38 bits per heavy atom. The van der Waals surface area contributed by atoms with Crippen molar-refractivity contribution in [2.24, 2.45) is 11.7 Å². The number of hydrogen-bond acceptors (Lipinski definition) is 5. The summed E-state index contributed by atoms with van der Waals surface area (Å²) in [4.78, 5) is 14.7. The van der Waals surface area contributed by atoms with Crippen LogP contribution >= 0.6 is 0 Å². The summed E-state index contributed by atoms with van der Waals surface area (Å²) in [6, 6.07) is 7.61. The molecule has 1 fully saturated rings. The summed E-state index contributed by atoms with van der Waals surface area (Å²) in [6.07, 6.45) is 2.32. The second kappa shape index (κ2) is 5.91. The Hall–Kier alpha value is -1.79. The summed E-state index contributed by atoms with van der Waals surface area (Å²) < 4.78 is 1.45. The van der Waals surface area contributed by atoms with Crippen LogP contribution in [0.1, 0.15) is 19.8 Å². The van der Waals surface area contributed by atoms with Gasteiger partial charge in [-0.1, -0.05) is 24.3 Å². The highest BCUT2D eigenvalue weighted by Gasteiger charge is 2.27. The van der Waals surface area contributed by atoms with E-state index >= 15 is 0 Å². The quantitative estimate of drug-likeness (QED) is 0.904. The Bertz CT molecular complexity index is 683. The third-order valence-electron chi connectivity index (χ3n) is 4.42. The van der Waals surface area contributed by atoms with Crippen LogP contribution in [-0.2, 0) is 6.67 Å². The van der Waals surface area contributed by atoms with Gasteiger partial charge in [0.25, 0.3) is 5.56 Å². The molecule has 0 bridgehead atoms. The molecule has 2 N–H and O–H groups in total. The van der Waals surface area contributed by atoms with E-state index < -0.39 is 0 Å². The van der Waals surface area contributed by atoms with E-state index in [4.69, 9.17) is 5.73 Å². The summed E-state index contributed by atoms with van der Waals surface area (Å²) >= 11 is 0. The number of likely N-dealkylation sites (tertiary alicyclic amines) is 1. The minimum Gasteiger partial charge on any atom is -0.329 e. The molecule has 2 unspecified atom stereocenters. The van der Waals surface area contributed by atoms with Crippen molar-refractivity contribution in [1.29, 1.82) is 0 Å². The molecule has 1 saturated heterocycles. The number of piperidine rings is 1. The van der Waals surface area contributed by atoms with E-state index in [0.717, 1.165) is 13.0 Å². The van der Waals surface area contributed by atoms with Gasteiger partial charge in [0, 0.05) is 19.1 Å². The first-order chi connectivity index (χ1) is 10.2. The van der Waals surface area contributed by atoms with Gasteiger partial charge in [-0.25, -0.2) is 0 Å². The fraction of sp³-hybridized carbons (Fsp3) is 0.533. The van der Waals surface area contributed by atoms with Crippen LogP contribution in [0.3, 0.4) is 0 Å². The molecule has 0 amide bonds. The average Bonchev–Trinajstić information content (AvgIpc) is 2.50. The standard InChI is InChI=1S/C15H21N5O/c1-11-5-4-8-19(14(11)9-16)10-20-15(21)12-6-2-3-7-13(12)17-18-20/h2-3,6-7,11,14H,4-5,8-10,16H2,1H3. The van der Waals surface area contributed by atoms with E-state index in [9.17, 15) is 4.79 Å². The van der Waals surface area contributed by atoms with Gasteiger partial charge in [0.2, 0.25) is 0 Å². The maximum Gasteiger partial charge on any atom is 0.278 e. The van der Waals surface area contributed by atoms with Crippen molar-refractivity contribution >= 4 is 10.9 Å². The number of benzene rings is 1. The second-order valence-corrected chi connectivity index (χ2v) is 5.79. The Kier molecular flexibility index (Phi) is 3.98. The zero-order valence-electron chi connectivity index (χ0n) is 12.3. The van der Waals surface area contributed by atoms with Crippen LogP contribution in [0.2, 0.25) is 0 Å². The molecule has 1 aromatic carbocycles. The topological polar surface area (TPSA) is 77.0 Å². The van der Waals surface area contributed by atoms with E-state index in [1.54, 1.807) is 12.1 Å². The molecule has 1 aliphatic heterocycles. The monoisotopic (exact) mass is 287 g/mol. The first-order valence-electron chi connectivity index (χ1n) is 7.47. The lowest BCUT2D eigenvalue weighted by Crippen LogP contribution is -2.50. The smallest absolute Gasteiger partial charge is 0.278 e. The van der Waals surface area contributed by atoms with Gasteiger partial charge in [-0.3, -0.25) is 9.69 Å². The third kappa shape index (κ3) is 2.69. The molecule has 0 spiro atoms. The molecule has 3 rings (SSSR count). The van der Waals surface area contributed by atoms with Crippen molar-refractivity contribution in [2.75, 3.05) is 13.1 Å². The van der Waals surface area contributed by atoms with Crippen molar-refractivity contribution in [1.82, 2.24) is 19.9 Å². The van der Waals surface area contributed by atoms with Gasteiger partial charge in [-0.05, 0) is 30.9 Å². The van der Waals surface area contributed by atoms with E-state index in [2.05, 4.69) is 22.1 Å². The first-order valence-corrected chi connectivity index (χ1v) is 7.47. The molecule has 0 radical (unpaired) electrons. The first kappa shape index (κ1) is 14.2. The highest BCUT2D eigenvalue weighted by Crippen LogP contribution is 2.22. The van der Waals surface area contributed by atoms with Crippen molar-refractivity contribution < 1.29 is 0 Å². The molecule has 0 aliphatic carbocycles. The van der Waals surface area contributed by atoms with Crippen LogP contribution in [0.25, 0.3) is 10.9 Å². The molecule has 112 valence electrons. The fourth-order valence-corrected chi connectivity index (χ4v) is 3.18. The maximum atomic E-state index is 12.5. The van der Waals surface area contributed by atoms with Gasteiger partial charge in [0.15, 0.2) is 0 Å². The Labute approximate surface area is 123 Å². The molecule has 2 atom stereocenters. The van der Waals surface area contributed by atoms with Crippen LogP contribution < -0.4 is 11.3 Å². The molecule has 6 heteroatoms. The Morgan fingerprint density at radius 3 is 3.00 bits per heavy atom. The average molecular weight is 287 g/mol. The number of fused-ring (bicyclic) bond motifs is 1. The van der Waals surface area contributed by atoms with Gasteiger partial charge in [-0.15, -0.1) is 5.10 Å². The number of aromatic nitrogens is 3. The van der Waals surface area contributed by atoms with E-state index in [-0.39, 0.29) is 5.56 Å². The molecule has 6 nitrogen and oxygen atoms in total. The minimum absolute atomic E-state index is 0.0883. The minimum atomic E-state index is -0.0883. The lowest BCUT2D eigenvalue weighted by molar-refractivity contribution is 0.0678. The largest absolute Gasteiger partial charge is 0.329 e. The van der Waals surface area contributed by atoms with E-state index in [1.807, 2.05) is 12.1 Å². The molecule has 2 aromatic rings. The Balaban J connectivity index is 1.91. The van der Waals surface area contributed by atoms with Crippen LogP contribution in [0.5, 0.6) is 0 Å². The summed E-state index contributed by atoms with van der Waals surface area (Å²) in [7, 11) is 0. The predicted octanol–water partition coefficient (Wildman–Crippen LogP) is 0.808. The van der Waals surface area contributed by atoms with Gasteiger partial charge in [0.05, 0.1) is 12.1 Å². The van der Waals surface area contributed by atoms with Gasteiger partial charge < -0.3 is 5.73 Å². The Morgan fingerprint density at radius 2 is 2.19 bits per heavy atom. The molecule has 21 heavy (non-hydrogen) atoms. The molecular weight excluding hydrogens is 266 g/mol. The van der Waals surface area contributed by atoms with Gasteiger partial charge in [0.1, 0.15) is 5.52 Å². The summed E-state index contributed by atoms with van der Waals surface area (Å²) in [5, 5.41) is 8.81. The lowest BCUT2D eigenvalue weighted by Gasteiger charge is -2.39. The number of rotatable bonds is 3. The maximum absolute atomic E-state index is 12.5. The van der Waals surface area contributed by atoms with E-state index in [0.29, 0.717) is 36.1 Å². The zero-order chi connectivity index (χ0) is 14.8. The number of hydrogen-bond donors (Lipinski definition) is 1. The van der Waals surface area contributed by atoms with Crippen LogP contribution in [0.15, 0.2) is 29.1 Å². The predicted molar refractivity (Wildman–Crippen MR) is 81.7 cm³/mol. The highest BCUT2D eigenvalue weighted by molar-refractivity contribution is 5.76. The molecule has 2 heterocycles. The molecule has 1 aliphatic rings. The summed E-state index contributed by atoms with van der Waals surface area (Å²) in [5.41, 5.74) is 6.45. The van der Waals surface area contributed by atoms with Crippen molar-refractivity contribution in [3.8, 4) is 0 Å². The van der Waals surface area contributed by atoms with Gasteiger partial charge in [-0.2, -0.15) is 4.68 Å². The van der Waals surface area contributed by atoms with Crippen molar-refractivity contribution in [3.63, 3.8) is 0 Å². The molecule has 0 saturated carbocycles. The molecular formula is C15H21N5O. The van der Waals surface area contributed by atoms with Crippen molar-refractivity contribution in [2.45, 2.75) is 32.5 Å². The zero-order valence-corrected chi connectivity index (χ0v) is 12.3. The van der Waals surface area contributed by atoms with Crippen molar-refractivity contribution in [3.05, 3.63) is 34.6 Å². The second-order valence-electron chi connectivity index (χ2n) is 5.79. The third-order valence-corrected chi connectivity index (χ3v) is 4.42. The fourth-order valence-electron chi connectivity index (χ4n) is 3.18. The summed E-state index contributed by atoms with van der Waals surface area (Å²) in [6.45, 7) is 4.24. The van der Waals surface area contributed by atoms with Gasteiger partial charge >= 0.3 is 0 Å². The number of nitrogens with zero attached hydrogens (tertiary/aromatic N) is 4.